The highest BCUT2D eigenvalue weighted by Crippen LogP contribution is 2.40. The Labute approximate surface area is 187 Å². The summed E-state index contributed by atoms with van der Waals surface area (Å²) in [7, 11) is 6.32. The summed E-state index contributed by atoms with van der Waals surface area (Å²) in [6.45, 7) is 0.304. The summed E-state index contributed by atoms with van der Waals surface area (Å²) in [6, 6.07) is 9.07. The molecule has 170 valence electrons. The number of hydrogen-bond donors (Lipinski definition) is 1. The monoisotopic (exact) mass is 440 g/mol. The van der Waals surface area contributed by atoms with Crippen LogP contribution in [0.4, 0.5) is 5.69 Å². The summed E-state index contributed by atoms with van der Waals surface area (Å²) in [6.07, 6.45) is 1.81. The maximum absolute atomic E-state index is 13.1. The number of carbonyl (C=O) groups excluding carboxylic acids is 2. The van der Waals surface area contributed by atoms with Gasteiger partial charge < -0.3 is 29.2 Å². The van der Waals surface area contributed by atoms with Crippen LogP contribution in [0.5, 0.6) is 23.0 Å². The van der Waals surface area contributed by atoms with E-state index in [1.807, 2.05) is 12.1 Å². The maximum Gasteiger partial charge on any atom is 0.227 e. The summed E-state index contributed by atoms with van der Waals surface area (Å²) in [5.41, 5.74) is 2.81. The van der Waals surface area contributed by atoms with Gasteiger partial charge in [-0.05, 0) is 48.2 Å². The molecule has 0 aromatic heterocycles. The third-order valence-electron chi connectivity index (χ3n) is 6.21. The highest BCUT2D eigenvalue weighted by Gasteiger charge is 2.38. The molecule has 2 atom stereocenters. The Hall–Kier alpha value is -3.42. The van der Waals surface area contributed by atoms with Crippen molar-refractivity contribution in [1.29, 1.82) is 0 Å². The standard InChI is InChI=1S/C24H28N2O6/c1-29-16-6-8-19(20(11-16)30-2)26-13-15(10-23(26)27)24(28)25-18-7-5-14-9-21(31-3)22(32-4)12-17(14)18/h6,8-9,11-12,15,18H,5,7,10,13H2,1-4H3,(H,25,28)/t15-,18-/m0/s1. The van der Waals surface area contributed by atoms with Crippen LogP contribution in [-0.4, -0.2) is 46.8 Å². The first-order valence-electron chi connectivity index (χ1n) is 10.6. The molecule has 1 N–H and O–H groups in total. The van der Waals surface area contributed by atoms with E-state index in [0.29, 0.717) is 35.2 Å². The molecule has 2 amide bonds. The number of benzene rings is 2. The Kier molecular flexibility index (Phi) is 6.12. The number of nitrogens with zero attached hydrogens (tertiary/aromatic N) is 1. The molecule has 8 nitrogen and oxygen atoms in total. The average molecular weight is 440 g/mol. The highest BCUT2D eigenvalue weighted by atomic mass is 16.5. The lowest BCUT2D eigenvalue weighted by Gasteiger charge is -2.21. The van der Waals surface area contributed by atoms with Gasteiger partial charge in [0.2, 0.25) is 11.8 Å². The van der Waals surface area contributed by atoms with E-state index in [2.05, 4.69) is 5.32 Å². The second-order valence-electron chi connectivity index (χ2n) is 7.95. The minimum Gasteiger partial charge on any atom is -0.497 e. The lowest BCUT2D eigenvalue weighted by molar-refractivity contribution is -0.127. The first kappa shape index (κ1) is 21.8. The molecule has 8 heteroatoms. The maximum atomic E-state index is 13.1. The van der Waals surface area contributed by atoms with Crippen LogP contribution in [0, 0.1) is 5.92 Å². The molecule has 0 unspecified atom stereocenters. The third kappa shape index (κ3) is 3.92. The highest BCUT2D eigenvalue weighted by molar-refractivity contribution is 6.01. The van der Waals surface area contributed by atoms with Crippen molar-refractivity contribution in [2.45, 2.75) is 25.3 Å². The summed E-state index contributed by atoms with van der Waals surface area (Å²) in [5.74, 6) is 1.83. The Balaban J connectivity index is 1.48. The van der Waals surface area contributed by atoms with Gasteiger partial charge in [0.05, 0.1) is 46.1 Å². The van der Waals surface area contributed by atoms with Gasteiger partial charge in [0.1, 0.15) is 11.5 Å². The van der Waals surface area contributed by atoms with Gasteiger partial charge in [-0.2, -0.15) is 0 Å². The fraction of sp³-hybridized carbons (Fsp3) is 0.417. The van der Waals surface area contributed by atoms with Crippen molar-refractivity contribution < 1.29 is 28.5 Å². The van der Waals surface area contributed by atoms with Crippen molar-refractivity contribution in [2.75, 3.05) is 39.9 Å². The van der Waals surface area contributed by atoms with Crippen molar-refractivity contribution in [3.8, 4) is 23.0 Å². The van der Waals surface area contributed by atoms with Gasteiger partial charge >= 0.3 is 0 Å². The van der Waals surface area contributed by atoms with Crippen LogP contribution >= 0.6 is 0 Å². The summed E-state index contributed by atoms with van der Waals surface area (Å²) in [5, 5.41) is 3.14. The van der Waals surface area contributed by atoms with E-state index < -0.39 is 5.92 Å². The van der Waals surface area contributed by atoms with Crippen molar-refractivity contribution in [3.05, 3.63) is 41.5 Å². The fourth-order valence-electron chi connectivity index (χ4n) is 4.50. The molecule has 1 aliphatic heterocycles. The Morgan fingerprint density at radius 3 is 2.38 bits per heavy atom. The summed E-state index contributed by atoms with van der Waals surface area (Å²) >= 11 is 0. The fourth-order valence-corrected chi connectivity index (χ4v) is 4.50. The Morgan fingerprint density at radius 2 is 1.69 bits per heavy atom. The van der Waals surface area contributed by atoms with E-state index in [9.17, 15) is 9.59 Å². The molecule has 1 heterocycles. The van der Waals surface area contributed by atoms with Crippen LogP contribution in [0.3, 0.4) is 0 Å². The molecule has 2 aromatic rings. The van der Waals surface area contributed by atoms with Gasteiger partial charge in [0.15, 0.2) is 11.5 Å². The van der Waals surface area contributed by atoms with Gasteiger partial charge in [-0.1, -0.05) is 0 Å². The Morgan fingerprint density at radius 1 is 0.969 bits per heavy atom. The smallest absolute Gasteiger partial charge is 0.227 e. The number of aryl methyl sites for hydroxylation is 1. The first-order valence-corrected chi connectivity index (χ1v) is 10.6. The number of ether oxygens (including phenoxy) is 4. The van der Waals surface area contributed by atoms with Gasteiger partial charge in [0.25, 0.3) is 0 Å². The SMILES string of the molecule is COc1ccc(N2C[C@@H](C(=O)N[C@H]3CCc4cc(OC)c(OC)cc43)CC2=O)c(OC)c1. The van der Waals surface area contributed by atoms with E-state index in [1.165, 1.54) is 0 Å². The molecule has 0 bridgehead atoms. The molecular weight excluding hydrogens is 412 g/mol. The first-order chi connectivity index (χ1) is 15.5. The van der Waals surface area contributed by atoms with Crippen LogP contribution in [0.2, 0.25) is 0 Å². The van der Waals surface area contributed by atoms with Gasteiger partial charge in [0, 0.05) is 19.0 Å². The van der Waals surface area contributed by atoms with E-state index in [0.717, 1.165) is 24.0 Å². The van der Waals surface area contributed by atoms with Crippen LogP contribution < -0.4 is 29.2 Å². The molecule has 1 fully saturated rings. The van der Waals surface area contributed by atoms with Gasteiger partial charge in [-0.3, -0.25) is 9.59 Å². The summed E-state index contributed by atoms with van der Waals surface area (Å²) < 4.78 is 21.5. The van der Waals surface area contributed by atoms with Gasteiger partial charge in [-0.25, -0.2) is 0 Å². The van der Waals surface area contributed by atoms with Crippen LogP contribution in [-0.2, 0) is 16.0 Å². The Bertz CT molecular complexity index is 1040. The third-order valence-corrected chi connectivity index (χ3v) is 6.21. The van der Waals surface area contributed by atoms with Crippen LogP contribution in [0.25, 0.3) is 0 Å². The van der Waals surface area contributed by atoms with Crippen molar-refractivity contribution >= 4 is 17.5 Å². The second kappa shape index (κ2) is 8.98. The number of fused-ring (bicyclic) bond motifs is 1. The van der Waals surface area contributed by atoms with E-state index in [1.54, 1.807) is 51.5 Å². The minimum atomic E-state index is -0.432. The molecule has 2 aromatic carbocycles. The number of methoxy groups -OCH3 is 4. The zero-order chi connectivity index (χ0) is 22.8. The molecular formula is C24H28N2O6. The van der Waals surface area contributed by atoms with Crippen LogP contribution in [0.15, 0.2) is 30.3 Å². The number of nitrogens with one attached hydrogen (secondary N) is 1. The number of carbonyl (C=O) groups is 2. The molecule has 0 saturated carbocycles. The van der Waals surface area contributed by atoms with E-state index >= 15 is 0 Å². The zero-order valence-electron chi connectivity index (χ0n) is 18.8. The van der Waals surface area contributed by atoms with E-state index in [-0.39, 0.29) is 24.3 Å². The van der Waals surface area contributed by atoms with Crippen LogP contribution in [0.1, 0.15) is 30.0 Å². The predicted molar refractivity (Wildman–Crippen MR) is 119 cm³/mol. The van der Waals surface area contributed by atoms with Gasteiger partial charge in [-0.15, -0.1) is 0 Å². The molecule has 0 spiro atoms. The second-order valence-corrected chi connectivity index (χ2v) is 7.95. The minimum absolute atomic E-state index is 0.105. The molecule has 0 radical (unpaired) electrons. The quantitative estimate of drug-likeness (QED) is 0.713. The van der Waals surface area contributed by atoms with Crippen molar-refractivity contribution in [1.82, 2.24) is 5.32 Å². The summed E-state index contributed by atoms with van der Waals surface area (Å²) in [4.78, 5) is 27.4. The number of hydrogen-bond acceptors (Lipinski definition) is 6. The molecule has 32 heavy (non-hydrogen) atoms. The predicted octanol–water partition coefficient (Wildman–Crippen LogP) is 2.88. The molecule has 2 aliphatic rings. The van der Waals surface area contributed by atoms with E-state index in [4.69, 9.17) is 18.9 Å². The average Bonchev–Trinajstić information content (AvgIpc) is 3.40. The van der Waals surface area contributed by atoms with Crippen molar-refractivity contribution in [3.63, 3.8) is 0 Å². The molecule has 1 saturated heterocycles. The molecule has 4 rings (SSSR count). The lowest BCUT2D eigenvalue weighted by Crippen LogP contribution is -2.35. The number of anilines is 1. The zero-order valence-corrected chi connectivity index (χ0v) is 18.8. The largest absolute Gasteiger partial charge is 0.497 e. The molecule has 1 aliphatic carbocycles. The topological polar surface area (TPSA) is 86.3 Å². The number of rotatable bonds is 7. The lowest BCUT2D eigenvalue weighted by atomic mass is 10.0. The number of amides is 2. The normalized spacial score (nSPS) is 19.5. The van der Waals surface area contributed by atoms with Crippen molar-refractivity contribution in [2.24, 2.45) is 5.92 Å².